The molecule has 0 spiro atoms. The molecule has 0 aliphatic rings. The van der Waals surface area contributed by atoms with Gasteiger partial charge in [-0.15, -0.1) is 0 Å². The molecule has 1 aromatic heterocycles. The van der Waals surface area contributed by atoms with Crippen molar-refractivity contribution in [3.05, 3.63) is 35.7 Å². The Bertz CT molecular complexity index is 383. The van der Waals surface area contributed by atoms with Crippen molar-refractivity contribution >= 4 is 12.0 Å². The van der Waals surface area contributed by atoms with Gasteiger partial charge >= 0.3 is 0 Å². The number of aromatic nitrogens is 1. The standard InChI is InChI=1S/C12H16N2O/c1-5-10-7-13-11(6-9(10)4)12(15)14-8(2)3/h5-8H,1H2,2-4H3,(H,14,15). The summed E-state index contributed by atoms with van der Waals surface area (Å²) in [6.07, 6.45) is 3.39. The average molecular weight is 204 g/mol. The van der Waals surface area contributed by atoms with E-state index in [4.69, 9.17) is 0 Å². The van der Waals surface area contributed by atoms with Crippen molar-refractivity contribution < 1.29 is 4.79 Å². The summed E-state index contributed by atoms with van der Waals surface area (Å²) in [5, 5.41) is 2.80. The quantitative estimate of drug-likeness (QED) is 0.819. The van der Waals surface area contributed by atoms with Crippen LogP contribution in [-0.2, 0) is 0 Å². The van der Waals surface area contributed by atoms with Gasteiger partial charge in [0.25, 0.3) is 5.91 Å². The van der Waals surface area contributed by atoms with E-state index in [0.717, 1.165) is 11.1 Å². The molecule has 0 unspecified atom stereocenters. The lowest BCUT2D eigenvalue weighted by Gasteiger charge is -2.08. The maximum atomic E-state index is 11.6. The van der Waals surface area contributed by atoms with Gasteiger partial charge in [-0.25, -0.2) is 0 Å². The lowest BCUT2D eigenvalue weighted by Crippen LogP contribution is -2.30. The van der Waals surface area contributed by atoms with Crippen molar-refractivity contribution in [2.75, 3.05) is 0 Å². The van der Waals surface area contributed by atoms with Crippen LogP contribution >= 0.6 is 0 Å². The minimum atomic E-state index is -0.135. The molecule has 1 heterocycles. The van der Waals surface area contributed by atoms with Crippen LogP contribution in [0.2, 0.25) is 0 Å². The molecule has 0 atom stereocenters. The van der Waals surface area contributed by atoms with Crippen LogP contribution < -0.4 is 5.32 Å². The van der Waals surface area contributed by atoms with Gasteiger partial charge in [-0.05, 0) is 38.0 Å². The number of nitrogens with zero attached hydrogens (tertiary/aromatic N) is 1. The number of carbonyl (C=O) groups is 1. The molecule has 0 radical (unpaired) electrons. The summed E-state index contributed by atoms with van der Waals surface area (Å²) < 4.78 is 0. The van der Waals surface area contributed by atoms with Crippen LogP contribution in [0.5, 0.6) is 0 Å². The summed E-state index contributed by atoms with van der Waals surface area (Å²) in [4.78, 5) is 15.7. The van der Waals surface area contributed by atoms with Gasteiger partial charge in [0.15, 0.2) is 0 Å². The highest BCUT2D eigenvalue weighted by Crippen LogP contribution is 2.09. The third-order valence-corrected chi connectivity index (χ3v) is 2.02. The van der Waals surface area contributed by atoms with E-state index in [0.29, 0.717) is 5.69 Å². The number of pyridine rings is 1. The lowest BCUT2D eigenvalue weighted by atomic mass is 10.1. The van der Waals surface area contributed by atoms with Crippen LogP contribution in [0.25, 0.3) is 6.08 Å². The number of amides is 1. The molecular formula is C12H16N2O. The number of hydrogen-bond acceptors (Lipinski definition) is 2. The summed E-state index contributed by atoms with van der Waals surface area (Å²) in [6, 6.07) is 1.90. The van der Waals surface area contributed by atoms with E-state index in [1.807, 2.05) is 20.8 Å². The second-order valence-electron chi connectivity index (χ2n) is 3.76. The Balaban J connectivity index is 2.92. The zero-order valence-electron chi connectivity index (χ0n) is 9.37. The van der Waals surface area contributed by atoms with Crippen LogP contribution in [0, 0.1) is 6.92 Å². The largest absolute Gasteiger partial charge is 0.349 e. The summed E-state index contributed by atoms with van der Waals surface area (Å²) in [7, 11) is 0. The molecular weight excluding hydrogens is 188 g/mol. The van der Waals surface area contributed by atoms with Crippen LogP contribution in [0.3, 0.4) is 0 Å². The number of carbonyl (C=O) groups excluding carboxylic acids is 1. The number of nitrogens with one attached hydrogen (secondary N) is 1. The first-order valence-electron chi connectivity index (χ1n) is 4.94. The fraction of sp³-hybridized carbons (Fsp3) is 0.333. The fourth-order valence-corrected chi connectivity index (χ4v) is 1.24. The first-order chi connectivity index (χ1) is 7.04. The maximum absolute atomic E-state index is 11.6. The summed E-state index contributed by atoms with van der Waals surface area (Å²) >= 11 is 0. The molecule has 3 heteroatoms. The predicted molar refractivity (Wildman–Crippen MR) is 61.7 cm³/mol. The molecule has 0 bridgehead atoms. The van der Waals surface area contributed by atoms with Gasteiger partial charge in [0.05, 0.1) is 0 Å². The third-order valence-electron chi connectivity index (χ3n) is 2.02. The van der Waals surface area contributed by atoms with Crippen molar-refractivity contribution in [2.24, 2.45) is 0 Å². The summed E-state index contributed by atoms with van der Waals surface area (Å²) in [6.45, 7) is 9.45. The number of rotatable bonds is 3. The SMILES string of the molecule is C=Cc1cnc(C(=O)NC(C)C)cc1C. The molecule has 0 fully saturated rings. The molecule has 15 heavy (non-hydrogen) atoms. The molecule has 80 valence electrons. The minimum Gasteiger partial charge on any atom is -0.349 e. The van der Waals surface area contributed by atoms with Gasteiger partial charge in [0.1, 0.15) is 5.69 Å². The van der Waals surface area contributed by atoms with Crippen molar-refractivity contribution in [1.29, 1.82) is 0 Å². The molecule has 0 aromatic carbocycles. The molecule has 0 aliphatic carbocycles. The Kier molecular flexibility index (Phi) is 3.61. The first kappa shape index (κ1) is 11.4. The van der Waals surface area contributed by atoms with Crippen molar-refractivity contribution in [3.8, 4) is 0 Å². The van der Waals surface area contributed by atoms with Gasteiger partial charge < -0.3 is 5.32 Å². The monoisotopic (exact) mass is 204 g/mol. The Morgan fingerprint density at radius 1 is 1.60 bits per heavy atom. The molecule has 0 saturated heterocycles. The van der Waals surface area contributed by atoms with Crippen LogP contribution in [0.15, 0.2) is 18.8 Å². The van der Waals surface area contributed by atoms with E-state index in [-0.39, 0.29) is 11.9 Å². The Morgan fingerprint density at radius 2 is 2.27 bits per heavy atom. The van der Waals surface area contributed by atoms with E-state index in [2.05, 4.69) is 16.9 Å². The maximum Gasteiger partial charge on any atom is 0.270 e. The van der Waals surface area contributed by atoms with Crippen LogP contribution in [0.4, 0.5) is 0 Å². The van der Waals surface area contributed by atoms with Crippen molar-refractivity contribution in [1.82, 2.24) is 10.3 Å². The van der Waals surface area contributed by atoms with E-state index in [1.165, 1.54) is 0 Å². The van der Waals surface area contributed by atoms with E-state index in [1.54, 1.807) is 18.3 Å². The second kappa shape index (κ2) is 4.73. The smallest absolute Gasteiger partial charge is 0.270 e. The highest BCUT2D eigenvalue weighted by Gasteiger charge is 2.09. The van der Waals surface area contributed by atoms with Gasteiger partial charge in [0.2, 0.25) is 0 Å². The van der Waals surface area contributed by atoms with Crippen LogP contribution in [0.1, 0.15) is 35.5 Å². The van der Waals surface area contributed by atoms with Crippen molar-refractivity contribution in [3.63, 3.8) is 0 Å². The zero-order valence-corrected chi connectivity index (χ0v) is 9.37. The highest BCUT2D eigenvalue weighted by atomic mass is 16.1. The van der Waals surface area contributed by atoms with E-state index >= 15 is 0 Å². The van der Waals surface area contributed by atoms with Gasteiger partial charge in [-0.3, -0.25) is 9.78 Å². The van der Waals surface area contributed by atoms with Crippen molar-refractivity contribution in [2.45, 2.75) is 26.8 Å². The highest BCUT2D eigenvalue weighted by molar-refractivity contribution is 5.92. The molecule has 1 rings (SSSR count). The molecule has 3 nitrogen and oxygen atoms in total. The minimum absolute atomic E-state index is 0.124. The Morgan fingerprint density at radius 3 is 2.73 bits per heavy atom. The average Bonchev–Trinajstić information content (AvgIpc) is 2.16. The van der Waals surface area contributed by atoms with Crippen LogP contribution in [-0.4, -0.2) is 16.9 Å². The first-order valence-corrected chi connectivity index (χ1v) is 4.94. The topological polar surface area (TPSA) is 42.0 Å². The predicted octanol–water partition coefficient (Wildman–Crippen LogP) is 2.17. The molecule has 1 amide bonds. The fourth-order valence-electron chi connectivity index (χ4n) is 1.24. The van der Waals surface area contributed by atoms with E-state index < -0.39 is 0 Å². The van der Waals surface area contributed by atoms with Gasteiger partial charge in [-0.1, -0.05) is 12.7 Å². The molecule has 1 aromatic rings. The number of aryl methyl sites for hydroxylation is 1. The lowest BCUT2D eigenvalue weighted by molar-refractivity contribution is 0.0938. The molecule has 1 N–H and O–H groups in total. The molecule has 0 aliphatic heterocycles. The zero-order chi connectivity index (χ0) is 11.4. The van der Waals surface area contributed by atoms with Gasteiger partial charge in [-0.2, -0.15) is 0 Å². The summed E-state index contributed by atoms with van der Waals surface area (Å²) in [5.74, 6) is -0.135. The number of hydrogen-bond donors (Lipinski definition) is 1. The Labute approximate surface area is 90.2 Å². The third kappa shape index (κ3) is 2.91. The summed E-state index contributed by atoms with van der Waals surface area (Å²) in [5.41, 5.74) is 2.41. The van der Waals surface area contributed by atoms with E-state index in [9.17, 15) is 4.79 Å². The Hall–Kier alpha value is -1.64. The normalized spacial score (nSPS) is 10.1. The van der Waals surface area contributed by atoms with Gasteiger partial charge in [0, 0.05) is 12.2 Å². The molecule has 0 saturated carbocycles. The second-order valence-corrected chi connectivity index (χ2v) is 3.76.